The van der Waals surface area contributed by atoms with Crippen LogP contribution in [-0.2, 0) is 12.8 Å². The van der Waals surface area contributed by atoms with Crippen LogP contribution < -0.4 is 5.32 Å². The molecule has 1 aromatic carbocycles. The molecule has 118 valence electrons. The fraction of sp³-hybridized carbons (Fsp3) is 0.294. The quantitative estimate of drug-likeness (QED) is 0.627. The van der Waals surface area contributed by atoms with Crippen LogP contribution >= 0.6 is 45.5 Å². The van der Waals surface area contributed by atoms with Crippen molar-refractivity contribution in [2.24, 2.45) is 5.92 Å². The molecule has 23 heavy (non-hydrogen) atoms. The van der Waals surface area contributed by atoms with Gasteiger partial charge < -0.3 is 5.32 Å². The van der Waals surface area contributed by atoms with Crippen LogP contribution in [0.1, 0.15) is 39.7 Å². The normalized spacial score (nSPS) is 16.5. The van der Waals surface area contributed by atoms with Gasteiger partial charge in [-0.1, -0.05) is 18.5 Å². The predicted octanol–water partition coefficient (Wildman–Crippen LogP) is 5.25. The minimum absolute atomic E-state index is 0.267. The Morgan fingerprint density at radius 2 is 2.30 bits per heavy atom. The van der Waals surface area contributed by atoms with Gasteiger partial charge in [0, 0.05) is 8.45 Å². The van der Waals surface area contributed by atoms with Crippen molar-refractivity contribution in [3.63, 3.8) is 0 Å². The van der Waals surface area contributed by atoms with E-state index < -0.39 is 0 Å². The highest BCUT2D eigenvalue weighted by Crippen LogP contribution is 2.39. The van der Waals surface area contributed by atoms with Gasteiger partial charge in [-0.15, -0.1) is 11.3 Å². The number of rotatable bonds is 2. The lowest BCUT2D eigenvalue weighted by atomic mass is 9.88. The van der Waals surface area contributed by atoms with Gasteiger partial charge in [0.15, 0.2) is 0 Å². The van der Waals surface area contributed by atoms with Crippen molar-refractivity contribution in [3.05, 3.63) is 48.4 Å². The van der Waals surface area contributed by atoms with E-state index >= 15 is 0 Å². The van der Waals surface area contributed by atoms with Crippen molar-refractivity contribution < 1.29 is 4.79 Å². The van der Waals surface area contributed by atoms with E-state index in [2.05, 4.69) is 40.9 Å². The Morgan fingerprint density at radius 3 is 3.04 bits per heavy atom. The van der Waals surface area contributed by atoms with Crippen LogP contribution in [0.25, 0.3) is 0 Å². The summed E-state index contributed by atoms with van der Waals surface area (Å²) < 4.78 is 0.942. The monoisotopic (exact) mass is 456 g/mol. The summed E-state index contributed by atoms with van der Waals surface area (Å²) in [4.78, 5) is 13.8. The van der Waals surface area contributed by atoms with Gasteiger partial charge in [-0.2, -0.15) is 5.26 Å². The number of nitrogens with zero attached hydrogens (tertiary/aromatic N) is 1. The third-order valence-electron chi connectivity index (χ3n) is 4.02. The predicted molar refractivity (Wildman–Crippen MR) is 102 cm³/mol. The van der Waals surface area contributed by atoms with Crippen molar-refractivity contribution in [1.82, 2.24) is 0 Å². The summed E-state index contributed by atoms with van der Waals surface area (Å²) in [6.07, 6.45) is 2.98. The van der Waals surface area contributed by atoms with E-state index in [0.29, 0.717) is 27.1 Å². The molecule has 0 aliphatic heterocycles. The number of hydrogen-bond donors (Lipinski definition) is 1. The number of halogens is 2. The summed E-state index contributed by atoms with van der Waals surface area (Å²) in [5, 5.41) is 13.4. The largest absolute Gasteiger partial charge is 0.312 e. The van der Waals surface area contributed by atoms with E-state index in [1.807, 2.05) is 6.07 Å². The number of benzene rings is 1. The number of anilines is 1. The van der Waals surface area contributed by atoms with Crippen molar-refractivity contribution in [3.8, 4) is 6.07 Å². The van der Waals surface area contributed by atoms with Crippen molar-refractivity contribution in [2.45, 2.75) is 26.2 Å². The first kappa shape index (κ1) is 16.7. The van der Waals surface area contributed by atoms with Crippen LogP contribution in [0.3, 0.4) is 0 Å². The minimum Gasteiger partial charge on any atom is -0.312 e. The molecule has 0 radical (unpaired) electrons. The van der Waals surface area contributed by atoms with Gasteiger partial charge in [-0.3, -0.25) is 4.79 Å². The van der Waals surface area contributed by atoms with Crippen LogP contribution in [0.4, 0.5) is 5.00 Å². The molecule has 1 aliphatic rings. The molecule has 2 aromatic rings. The van der Waals surface area contributed by atoms with E-state index in [1.54, 1.807) is 12.1 Å². The summed E-state index contributed by atoms with van der Waals surface area (Å²) in [7, 11) is 0. The van der Waals surface area contributed by atoms with E-state index in [9.17, 15) is 10.1 Å². The zero-order valence-electron chi connectivity index (χ0n) is 12.5. The van der Waals surface area contributed by atoms with Gasteiger partial charge in [0.05, 0.1) is 16.1 Å². The first-order valence-corrected chi connectivity index (χ1v) is 9.58. The summed E-state index contributed by atoms with van der Waals surface area (Å²) >= 11 is 9.79. The fourth-order valence-electron chi connectivity index (χ4n) is 2.80. The van der Waals surface area contributed by atoms with E-state index in [-0.39, 0.29) is 5.91 Å². The molecule has 1 aliphatic carbocycles. The highest BCUT2D eigenvalue weighted by atomic mass is 127. The lowest BCUT2D eigenvalue weighted by Crippen LogP contribution is -2.13. The van der Waals surface area contributed by atoms with Crippen molar-refractivity contribution in [1.29, 1.82) is 5.26 Å². The van der Waals surface area contributed by atoms with Gasteiger partial charge in [0.25, 0.3) is 5.91 Å². The second-order valence-corrected chi connectivity index (χ2v) is 8.50. The Kier molecular flexibility index (Phi) is 4.95. The summed E-state index contributed by atoms with van der Waals surface area (Å²) in [5.74, 6) is 0.359. The molecule has 0 saturated carbocycles. The Labute approximate surface area is 157 Å². The van der Waals surface area contributed by atoms with E-state index in [0.717, 1.165) is 28.4 Å². The molecule has 0 unspecified atom stereocenters. The highest BCUT2D eigenvalue weighted by molar-refractivity contribution is 14.1. The third kappa shape index (κ3) is 3.39. The SMILES string of the molecule is C[C@@H]1CCc2c(sc(NC(=O)c3cc(I)ccc3Cl)c2C#N)C1. The zero-order chi connectivity index (χ0) is 16.6. The standard InChI is InChI=1S/C17H14ClIN2OS/c1-9-2-4-11-13(8-20)17(23-15(11)6-9)21-16(22)12-7-10(19)3-5-14(12)18/h3,5,7,9H,2,4,6H2,1H3,(H,21,22)/t9-/m1/s1. The number of hydrogen-bond acceptors (Lipinski definition) is 3. The lowest BCUT2D eigenvalue weighted by molar-refractivity contribution is 0.102. The lowest BCUT2D eigenvalue weighted by Gasteiger charge is -2.17. The molecule has 0 spiro atoms. The number of carbonyl (C=O) groups is 1. The molecule has 1 atom stereocenters. The highest BCUT2D eigenvalue weighted by Gasteiger charge is 2.25. The number of nitriles is 1. The maximum Gasteiger partial charge on any atom is 0.257 e. The average molecular weight is 457 g/mol. The molecule has 0 saturated heterocycles. The van der Waals surface area contributed by atoms with Gasteiger partial charge in [0.2, 0.25) is 0 Å². The Hall–Kier alpha value is -1.10. The number of carbonyl (C=O) groups excluding carboxylic acids is 1. The summed E-state index contributed by atoms with van der Waals surface area (Å²) in [6, 6.07) is 7.58. The Morgan fingerprint density at radius 1 is 1.52 bits per heavy atom. The molecule has 6 heteroatoms. The first-order valence-electron chi connectivity index (χ1n) is 7.30. The van der Waals surface area contributed by atoms with Crippen molar-refractivity contribution >= 4 is 56.4 Å². The molecule has 0 bridgehead atoms. The number of amides is 1. The van der Waals surface area contributed by atoms with Gasteiger partial charge in [-0.25, -0.2) is 0 Å². The molecule has 1 amide bonds. The van der Waals surface area contributed by atoms with Crippen molar-refractivity contribution in [2.75, 3.05) is 5.32 Å². The summed E-state index contributed by atoms with van der Waals surface area (Å²) in [5.41, 5.74) is 2.16. The molecule has 1 N–H and O–H groups in total. The molecule has 0 fully saturated rings. The fourth-order valence-corrected chi connectivity index (χ4v) is 4.85. The Balaban J connectivity index is 1.93. The molecular weight excluding hydrogens is 443 g/mol. The van der Waals surface area contributed by atoms with Crippen LogP contribution in [0.2, 0.25) is 5.02 Å². The van der Waals surface area contributed by atoms with Gasteiger partial charge in [0.1, 0.15) is 11.1 Å². The Bertz CT molecular complexity index is 825. The maximum atomic E-state index is 12.5. The molecular formula is C17H14ClIN2OS. The van der Waals surface area contributed by atoms with Gasteiger partial charge in [-0.05, 0) is 71.5 Å². The summed E-state index contributed by atoms with van der Waals surface area (Å²) in [6.45, 7) is 2.22. The second kappa shape index (κ2) is 6.80. The van der Waals surface area contributed by atoms with Crippen LogP contribution in [0.5, 0.6) is 0 Å². The number of thiophene rings is 1. The maximum absolute atomic E-state index is 12.5. The topological polar surface area (TPSA) is 52.9 Å². The molecule has 3 nitrogen and oxygen atoms in total. The second-order valence-electron chi connectivity index (χ2n) is 5.75. The molecule has 3 rings (SSSR count). The third-order valence-corrected chi connectivity index (χ3v) is 6.19. The van der Waals surface area contributed by atoms with Crippen LogP contribution in [0, 0.1) is 20.8 Å². The number of nitrogens with one attached hydrogen (secondary N) is 1. The smallest absolute Gasteiger partial charge is 0.257 e. The van der Waals surface area contributed by atoms with Crippen LogP contribution in [-0.4, -0.2) is 5.91 Å². The molecule has 1 aromatic heterocycles. The van der Waals surface area contributed by atoms with E-state index in [1.165, 1.54) is 16.2 Å². The minimum atomic E-state index is -0.267. The van der Waals surface area contributed by atoms with E-state index in [4.69, 9.17) is 11.6 Å². The van der Waals surface area contributed by atoms with Crippen LogP contribution in [0.15, 0.2) is 18.2 Å². The first-order chi connectivity index (χ1) is 11.0. The average Bonchev–Trinajstić information content (AvgIpc) is 2.85. The number of fused-ring (bicyclic) bond motifs is 1. The van der Waals surface area contributed by atoms with Gasteiger partial charge >= 0.3 is 0 Å². The zero-order valence-corrected chi connectivity index (χ0v) is 16.2. The molecule has 1 heterocycles.